The third kappa shape index (κ3) is 2.90. The first-order valence-corrected chi connectivity index (χ1v) is 6.58. The quantitative estimate of drug-likeness (QED) is 0.941. The summed E-state index contributed by atoms with van der Waals surface area (Å²) >= 11 is 0. The van der Waals surface area contributed by atoms with Gasteiger partial charge in [0, 0.05) is 23.9 Å². The van der Waals surface area contributed by atoms with E-state index in [4.69, 9.17) is 14.7 Å². The molecule has 4 nitrogen and oxygen atoms in total. The lowest BCUT2D eigenvalue weighted by Crippen LogP contribution is -2.15. The van der Waals surface area contributed by atoms with Crippen LogP contribution in [0, 0.1) is 17.1 Å². The van der Waals surface area contributed by atoms with Crippen LogP contribution in [0.15, 0.2) is 36.4 Å². The fourth-order valence-corrected chi connectivity index (χ4v) is 2.13. The predicted octanol–water partition coefficient (Wildman–Crippen LogP) is 3.08. The maximum atomic E-state index is 13.7. The van der Waals surface area contributed by atoms with Gasteiger partial charge >= 0.3 is 0 Å². The molecule has 0 saturated carbocycles. The fraction of sp³-hybridized carbons (Fsp3) is 0.188. The number of nitriles is 1. The van der Waals surface area contributed by atoms with Crippen molar-refractivity contribution in [2.24, 2.45) is 0 Å². The van der Waals surface area contributed by atoms with E-state index in [9.17, 15) is 4.39 Å². The summed E-state index contributed by atoms with van der Waals surface area (Å²) in [7, 11) is 0. The number of rotatable bonds is 3. The number of nitrogens with one attached hydrogen (secondary N) is 1. The van der Waals surface area contributed by atoms with Crippen molar-refractivity contribution in [3.8, 4) is 17.6 Å². The third-order valence-corrected chi connectivity index (χ3v) is 3.20. The van der Waals surface area contributed by atoms with E-state index in [2.05, 4.69) is 5.32 Å². The van der Waals surface area contributed by atoms with Gasteiger partial charge in [-0.25, -0.2) is 4.39 Å². The molecule has 21 heavy (non-hydrogen) atoms. The largest absolute Gasteiger partial charge is 0.486 e. The van der Waals surface area contributed by atoms with Gasteiger partial charge in [0.05, 0.1) is 11.6 Å². The number of hydrogen-bond acceptors (Lipinski definition) is 4. The molecule has 0 bridgehead atoms. The summed E-state index contributed by atoms with van der Waals surface area (Å²) in [4.78, 5) is 0. The van der Waals surface area contributed by atoms with Crippen LogP contribution in [0.2, 0.25) is 0 Å². The monoisotopic (exact) mass is 284 g/mol. The number of hydrogen-bond donors (Lipinski definition) is 1. The van der Waals surface area contributed by atoms with Crippen molar-refractivity contribution in [3.63, 3.8) is 0 Å². The van der Waals surface area contributed by atoms with Gasteiger partial charge in [-0.1, -0.05) is 0 Å². The summed E-state index contributed by atoms with van der Waals surface area (Å²) in [5, 5.41) is 12.0. The number of ether oxygens (including phenoxy) is 2. The Morgan fingerprint density at radius 2 is 1.90 bits per heavy atom. The molecule has 1 aliphatic heterocycles. The Morgan fingerprint density at radius 3 is 2.71 bits per heavy atom. The van der Waals surface area contributed by atoms with Crippen molar-refractivity contribution < 1.29 is 13.9 Å². The van der Waals surface area contributed by atoms with Gasteiger partial charge in [-0.2, -0.15) is 5.26 Å². The maximum Gasteiger partial charge on any atom is 0.163 e. The van der Waals surface area contributed by atoms with E-state index in [0.29, 0.717) is 42.4 Å². The van der Waals surface area contributed by atoms with Gasteiger partial charge in [-0.15, -0.1) is 0 Å². The Morgan fingerprint density at radius 1 is 1.10 bits per heavy atom. The van der Waals surface area contributed by atoms with Crippen LogP contribution in [0.4, 0.5) is 10.1 Å². The summed E-state index contributed by atoms with van der Waals surface area (Å²) < 4.78 is 24.6. The molecule has 0 spiro atoms. The smallest absolute Gasteiger partial charge is 0.163 e. The van der Waals surface area contributed by atoms with Gasteiger partial charge in [0.1, 0.15) is 19.0 Å². The van der Waals surface area contributed by atoms with Crippen LogP contribution >= 0.6 is 0 Å². The second-order valence-electron chi connectivity index (χ2n) is 4.63. The minimum Gasteiger partial charge on any atom is -0.486 e. The van der Waals surface area contributed by atoms with Crippen molar-refractivity contribution in [2.75, 3.05) is 18.5 Å². The molecule has 2 aromatic carbocycles. The molecule has 0 amide bonds. The Labute approximate surface area is 121 Å². The van der Waals surface area contributed by atoms with Gasteiger partial charge in [0.25, 0.3) is 0 Å². The minimum atomic E-state index is -0.334. The Hall–Kier alpha value is -2.74. The molecule has 0 fully saturated rings. The average molecular weight is 284 g/mol. The van der Waals surface area contributed by atoms with Gasteiger partial charge in [0.2, 0.25) is 0 Å². The van der Waals surface area contributed by atoms with Gasteiger partial charge < -0.3 is 14.8 Å². The van der Waals surface area contributed by atoms with Crippen molar-refractivity contribution in [1.82, 2.24) is 0 Å². The van der Waals surface area contributed by atoms with E-state index in [0.717, 1.165) is 5.69 Å². The first kappa shape index (κ1) is 13.3. The van der Waals surface area contributed by atoms with Crippen molar-refractivity contribution in [1.29, 1.82) is 5.26 Å². The second kappa shape index (κ2) is 5.71. The molecule has 3 rings (SSSR count). The van der Waals surface area contributed by atoms with Crippen LogP contribution in [-0.2, 0) is 6.54 Å². The number of fused-ring (bicyclic) bond motifs is 1. The van der Waals surface area contributed by atoms with Crippen molar-refractivity contribution in [3.05, 3.63) is 53.3 Å². The molecule has 1 N–H and O–H groups in total. The average Bonchev–Trinajstić information content (AvgIpc) is 2.54. The molecule has 5 heteroatoms. The highest BCUT2D eigenvalue weighted by Crippen LogP contribution is 2.32. The van der Waals surface area contributed by atoms with Gasteiger partial charge in [-0.3, -0.25) is 0 Å². The second-order valence-corrected chi connectivity index (χ2v) is 4.63. The molecule has 1 heterocycles. The highest BCUT2D eigenvalue weighted by molar-refractivity contribution is 5.55. The summed E-state index contributed by atoms with van der Waals surface area (Å²) in [6, 6.07) is 11.8. The van der Waals surface area contributed by atoms with Gasteiger partial charge in [-0.05, 0) is 30.3 Å². The van der Waals surface area contributed by atoms with Crippen LogP contribution in [0.3, 0.4) is 0 Å². The Kier molecular flexibility index (Phi) is 3.61. The lowest BCUT2D eigenvalue weighted by Gasteiger charge is -2.19. The fourth-order valence-electron chi connectivity index (χ4n) is 2.13. The molecule has 0 aliphatic carbocycles. The molecule has 0 saturated heterocycles. The molecular formula is C16H13FN2O2. The predicted molar refractivity (Wildman–Crippen MR) is 75.9 cm³/mol. The van der Waals surface area contributed by atoms with Crippen LogP contribution in [0.5, 0.6) is 11.5 Å². The van der Waals surface area contributed by atoms with Crippen molar-refractivity contribution >= 4 is 5.69 Å². The van der Waals surface area contributed by atoms with Crippen molar-refractivity contribution in [2.45, 2.75) is 6.54 Å². The highest BCUT2D eigenvalue weighted by atomic mass is 19.1. The molecule has 0 atom stereocenters. The van der Waals surface area contributed by atoms with Crippen LogP contribution < -0.4 is 14.8 Å². The van der Waals surface area contributed by atoms with E-state index in [1.165, 1.54) is 12.1 Å². The molecule has 2 aromatic rings. The number of nitrogens with zero attached hydrogens (tertiary/aromatic N) is 1. The van der Waals surface area contributed by atoms with E-state index >= 15 is 0 Å². The maximum absolute atomic E-state index is 13.7. The first-order chi connectivity index (χ1) is 10.3. The summed E-state index contributed by atoms with van der Waals surface area (Å²) in [5.74, 6) is 1.06. The number of halogens is 1. The van der Waals surface area contributed by atoms with E-state index in [-0.39, 0.29) is 5.82 Å². The van der Waals surface area contributed by atoms with E-state index < -0.39 is 0 Å². The highest BCUT2D eigenvalue weighted by Gasteiger charge is 2.12. The zero-order chi connectivity index (χ0) is 14.7. The zero-order valence-corrected chi connectivity index (χ0v) is 11.2. The standard InChI is InChI=1S/C16H13FN2O2/c17-14-3-1-11(9-18)7-12(14)10-19-13-2-4-15-16(8-13)21-6-5-20-15/h1-4,7-8,19H,5-6,10H2. The SMILES string of the molecule is N#Cc1ccc(F)c(CNc2ccc3c(c2)OCCO3)c1. The molecule has 0 radical (unpaired) electrons. The molecular weight excluding hydrogens is 271 g/mol. The molecule has 0 unspecified atom stereocenters. The van der Waals surface area contributed by atoms with E-state index in [1.54, 1.807) is 6.07 Å². The van der Waals surface area contributed by atoms with E-state index in [1.807, 2.05) is 24.3 Å². The lowest BCUT2D eigenvalue weighted by molar-refractivity contribution is 0.171. The Balaban J connectivity index is 1.74. The van der Waals surface area contributed by atoms with Gasteiger partial charge in [0.15, 0.2) is 11.5 Å². The third-order valence-electron chi connectivity index (χ3n) is 3.20. The molecule has 106 valence electrons. The lowest BCUT2D eigenvalue weighted by atomic mass is 10.1. The van der Waals surface area contributed by atoms with Crippen LogP contribution in [0.1, 0.15) is 11.1 Å². The molecule has 1 aliphatic rings. The molecule has 0 aromatic heterocycles. The first-order valence-electron chi connectivity index (χ1n) is 6.58. The summed E-state index contributed by atoms with van der Waals surface area (Å²) in [6.07, 6.45) is 0. The van der Waals surface area contributed by atoms with Crippen LogP contribution in [0.25, 0.3) is 0 Å². The van der Waals surface area contributed by atoms with Crippen LogP contribution in [-0.4, -0.2) is 13.2 Å². The number of anilines is 1. The normalized spacial score (nSPS) is 12.6. The summed E-state index contributed by atoms with van der Waals surface area (Å²) in [6.45, 7) is 1.36. The zero-order valence-electron chi connectivity index (χ0n) is 11.2. The topological polar surface area (TPSA) is 54.3 Å². The Bertz CT molecular complexity index is 710. The summed E-state index contributed by atoms with van der Waals surface area (Å²) in [5.41, 5.74) is 1.69. The minimum absolute atomic E-state index is 0.293. The number of benzene rings is 2.